The van der Waals surface area contributed by atoms with Crippen molar-refractivity contribution in [3.8, 4) is 0 Å². The van der Waals surface area contributed by atoms with Gasteiger partial charge in [-0.1, -0.05) is 54.1 Å². The van der Waals surface area contributed by atoms with Crippen molar-refractivity contribution in [1.82, 2.24) is 0 Å². The Kier molecular flexibility index (Phi) is 10.3. The van der Waals surface area contributed by atoms with E-state index < -0.39 is 0 Å². The molecule has 0 spiro atoms. The molecule has 1 fully saturated rings. The maximum Gasteiger partial charge on any atom is 0.157 e. The molecule has 1 heterocycles. The number of allylic oxidation sites excluding steroid dienone is 2. The first-order chi connectivity index (χ1) is 12.7. The van der Waals surface area contributed by atoms with E-state index >= 15 is 0 Å². The lowest BCUT2D eigenvalue weighted by molar-refractivity contribution is -0.155. The first-order valence-electron chi connectivity index (χ1n) is 9.60. The van der Waals surface area contributed by atoms with Crippen LogP contribution < -0.4 is 0 Å². The third-order valence-corrected chi connectivity index (χ3v) is 4.32. The zero-order valence-corrected chi connectivity index (χ0v) is 15.8. The van der Waals surface area contributed by atoms with Crippen LogP contribution in [0.2, 0.25) is 0 Å². The summed E-state index contributed by atoms with van der Waals surface area (Å²) in [5, 5.41) is 10.0. The molecule has 26 heavy (non-hydrogen) atoms. The molecular weight excluding hydrogens is 328 g/mol. The maximum absolute atomic E-state index is 10.0. The molecule has 0 radical (unpaired) electrons. The molecule has 0 aliphatic carbocycles. The summed E-state index contributed by atoms with van der Waals surface area (Å²) in [7, 11) is 0. The third-order valence-electron chi connectivity index (χ3n) is 4.32. The zero-order chi connectivity index (χ0) is 18.5. The summed E-state index contributed by atoms with van der Waals surface area (Å²) in [6.45, 7) is 4.57. The van der Waals surface area contributed by atoms with Gasteiger partial charge < -0.3 is 19.3 Å². The molecule has 1 saturated heterocycles. The van der Waals surface area contributed by atoms with E-state index in [4.69, 9.17) is 14.2 Å². The van der Waals surface area contributed by atoms with E-state index in [0.717, 1.165) is 30.6 Å². The highest BCUT2D eigenvalue weighted by Gasteiger charge is 2.12. The summed E-state index contributed by atoms with van der Waals surface area (Å²) in [5.74, 6) is 0. The van der Waals surface area contributed by atoms with Crippen molar-refractivity contribution >= 4 is 0 Å². The average Bonchev–Trinajstić information content (AvgIpc) is 2.67. The highest BCUT2D eigenvalue weighted by atomic mass is 16.7. The summed E-state index contributed by atoms with van der Waals surface area (Å²) < 4.78 is 16.8. The van der Waals surface area contributed by atoms with Gasteiger partial charge in [0.25, 0.3) is 0 Å². The summed E-state index contributed by atoms with van der Waals surface area (Å²) in [4.78, 5) is 0. The molecule has 0 saturated carbocycles. The second-order valence-corrected chi connectivity index (χ2v) is 6.70. The highest BCUT2D eigenvalue weighted by molar-refractivity contribution is 5.16. The predicted molar refractivity (Wildman–Crippen MR) is 104 cm³/mol. The molecule has 1 aromatic carbocycles. The zero-order valence-electron chi connectivity index (χ0n) is 15.8. The topological polar surface area (TPSA) is 47.9 Å². The van der Waals surface area contributed by atoms with Crippen molar-refractivity contribution < 1.29 is 19.3 Å². The molecule has 4 heteroatoms. The number of hydrogen-bond acceptors (Lipinski definition) is 4. The van der Waals surface area contributed by atoms with Gasteiger partial charge in [-0.25, -0.2) is 0 Å². The van der Waals surface area contributed by atoms with Crippen LogP contribution in [0.3, 0.4) is 0 Å². The summed E-state index contributed by atoms with van der Waals surface area (Å²) in [5.41, 5.74) is 2.29. The lowest BCUT2D eigenvalue weighted by Gasteiger charge is -2.22. The Hall–Kier alpha value is -1.46. The predicted octanol–water partition coefficient (Wildman–Crippen LogP) is 4.39. The smallest absolute Gasteiger partial charge is 0.157 e. The molecule has 2 unspecified atom stereocenters. The minimum atomic E-state index is -0.373. The standard InChI is InChI=1S/C22H32O4/c1-19(13-17-26-22-12-5-6-15-25-22)8-7-11-21(23)14-16-24-18-20-9-3-2-4-10-20/h2-4,7-10,13,21-23H,5-6,11-12,14-18H2,1H3/b8-7-,19-13+. The quantitative estimate of drug-likeness (QED) is 0.470. The van der Waals surface area contributed by atoms with E-state index in [1.54, 1.807) is 0 Å². The highest BCUT2D eigenvalue weighted by Crippen LogP contribution is 2.13. The first-order valence-corrected chi connectivity index (χ1v) is 9.60. The normalized spacial score (nSPS) is 19.8. The Morgan fingerprint density at radius 2 is 2.15 bits per heavy atom. The SMILES string of the molecule is CC(/C=C\CC(O)CCOCc1ccccc1)=C\COC1CCCCO1. The average molecular weight is 360 g/mol. The number of ether oxygens (including phenoxy) is 3. The summed E-state index contributed by atoms with van der Waals surface area (Å²) in [6.07, 6.45) is 10.2. The number of benzene rings is 1. The maximum atomic E-state index is 10.0. The van der Waals surface area contributed by atoms with E-state index in [1.165, 1.54) is 6.42 Å². The minimum Gasteiger partial charge on any atom is -0.393 e. The van der Waals surface area contributed by atoms with Crippen LogP contribution >= 0.6 is 0 Å². The van der Waals surface area contributed by atoms with Gasteiger partial charge in [0.2, 0.25) is 0 Å². The fourth-order valence-electron chi connectivity index (χ4n) is 2.71. The van der Waals surface area contributed by atoms with E-state index in [2.05, 4.69) is 0 Å². The Morgan fingerprint density at radius 1 is 1.31 bits per heavy atom. The molecule has 0 bridgehead atoms. The van der Waals surface area contributed by atoms with Crippen LogP contribution in [0.1, 0.15) is 44.6 Å². The molecule has 1 N–H and O–H groups in total. The molecule has 1 aliphatic heterocycles. The number of hydrogen-bond donors (Lipinski definition) is 1. The van der Waals surface area contributed by atoms with Crippen molar-refractivity contribution in [1.29, 1.82) is 0 Å². The number of aliphatic hydroxyl groups is 1. The Labute approximate surface area is 157 Å². The van der Waals surface area contributed by atoms with Gasteiger partial charge in [-0.3, -0.25) is 0 Å². The second-order valence-electron chi connectivity index (χ2n) is 6.70. The lowest BCUT2D eigenvalue weighted by atomic mass is 10.1. The van der Waals surface area contributed by atoms with Gasteiger partial charge in [0.15, 0.2) is 6.29 Å². The van der Waals surface area contributed by atoms with Crippen LogP contribution in [-0.2, 0) is 20.8 Å². The van der Waals surface area contributed by atoms with Crippen molar-refractivity contribution in [2.24, 2.45) is 0 Å². The van der Waals surface area contributed by atoms with Crippen molar-refractivity contribution in [3.05, 3.63) is 59.7 Å². The fourth-order valence-corrected chi connectivity index (χ4v) is 2.71. The van der Waals surface area contributed by atoms with Gasteiger partial charge in [-0.05, 0) is 44.6 Å². The molecule has 4 nitrogen and oxygen atoms in total. The number of rotatable bonds is 11. The largest absolute Gasteiger partial charge is 0.393 e. The number of aliphatic hydroxyl groups excluding tert-OH is 1. The van der Waals surface area contributed by atoms with Gasteiger partial charge in [-0.15, -0.1) is 0 Å². The van der Waals surface area contributed by atoms with E-state index in [0.29, 0.717) is 32.7 Å². The molecular formula is C22H32O4. The van der Waals surface area contributed by atoms with Gasteiger partial charge in [0.05, 0.1) is 19.3 Å². The molecule has 2 atom stereocenters. The molecule has 1 aromatic rings. The van der Waals surface area contributed by atoms with Crippen LogP contribution in [0, 0.1) is 0 Å². The summed E-state index contributed by atoms with van der Waals surface area (Å²) in [6, 6.07) is 10.1. The van der Waals surface area contributed by atoms with Crippen LogP contribution in [0.4, 0.5) is 0 Å². The van der Waals surface area contributed by atoms with Crippen molar-refractivity contribution in [2.45, 2.75) is 58.0 Å². The van der Waals surface area contributed by atoms with Crippen LogP contribution in [0.5, 0.6) is 0 Å². The van der Waals surface area contributed by atoms with Crippen LogP contribution in [-0.4, -0.2) is 37.3 Å². The van der Waals surface area contributed by atoms with Crippen molar-refractivity contribution in [2.75, 3.05) is 19.8 Å². The summed E-state index contributed by atoms with van der Waals surface area (Å²) >= 11 is 0. The third kappa shape index (κ3) is 9.30. The lowest BCUT2D eigenvalue weighted by Crippen LogP contribution is -2.22. The Balaban J connectivity index is 1.52. The van der Waals surface area contributed by atoms with E-state index in [9.17, 15) is 5.11 Å². The molecule has 0 amide bonds. The molecule has 2 rings (SSSR count). The van der Waals surface area contributed by atoms with Gasteiger partial charge in [0.1, 0.15) is 0 Å². The molecule has 0 aromatic heterocycles. The van der Waals surface area contributed by atoms with Gasteiger partial charge in [-0.2, -0.15) is 0 Å². The van der Waals surface area contributed by atoms with Gasteiger partial charge >= 0.3 is 0 Å². The molecule has 144 valence electrons. The Bertz CT molecular complexity index is 532. The van der Waals surface area contributed by atoms with Gasteiger partial charge in [0, 0.05) is 13.2 Å². The van der Waals surface area contributed by atoms with Crippen LogP contribution in [0.15, 0.2) is 54.1 Å². The molecule has 1 aliphatic rings. The van der Waals surface area contributed by atoms with E-state index in [1.807, 2.05) is 55.5 Å². The monoisotopic (exact) mass is 360 g/mol. The second kappa shape index (κ2) is 12.8. The van der Waals surface area contributed by atoms with Crippen LogP contribution in [0.25, 0.3) is 0 Å². The fraction of sp³-hybridized carbons (Fsp3) is 0.545. The Morgan fingerprint density at radius 3 is 2.92 bits per heavy atom. The van der Waals surface area contributed by atoms with E-state index in [-0.39, 0.29) is 12.4 Å². The minimum absolute atomic E-state index is 0.0468. The van der Waals surface area contributed by atoms with Crippen molar-refractivity contribution in [3.63, 3.8) is 0 Å². The first kappa shape index (κ1) is 20.8.